The lowest BCUT2D eigenvalue weighted by Crippen LogP contribution is -2.09. The Morgan fingerprint density at radius 3 is 2.52 bits per heavy atom. The summed E-state index contributed by atoms with van der Waals surface area (Å²) in [6.07, 6.45) is 2.48. The van der Waals surface area contributed by atoms with Gasteiger partial charge in [0.2, 0.25) is 0 Å². The monoisotopic (exact) mass is 396 g/mol. The fourth-order valence-electron chi connectivity index (χ4n) is 1.78. The number of hydrogen-bond acceptors (Lipinski definition) is 3. The van der Waals surface area contributed by atoms with Gasteiger partial charge in [-0.25, -0.2) is 4.79 Å². The van der Waals surface area contributed by atoms with Gasteiger partial charge >= 0.3 is 5.97 Å². The van der Waals surface area contributed by atoms with Gasteiger partial charge in [-0.1, -0.05) is 27.5 Å². The minimum absolute atomic E-state index is 0.325. The minimum atomic E-state index is -1.03. The zero-order chi connectivity index (χ0) is 16.7. The van der Waals surface area contributed by atoms with Crippen LogP contribution in [-0.4, -0.2) is 24.3 Å². The van der Waals surface area contributed by atoms with E-state index in [2.05, 4.69) is 15.9 Å². The summed E-state index contributed by atoms with van der Waals surface area (Å²) in [5, 5.41) is 9.22. The Kier molecular flexibility index (Phi) is 6.50. The Morgan fingerprint density at radius 2 is 1.83 bits per heavy atom. The van der Waals surface area contributed by atoms with Crippen LogP contribution in [0.25, 0.3) is 6.08 Å². The minimum Gasteiger partial charge on any atom is -0.490 e. The van der Waals surface area contributed by atoms with E-state index in [-0.39, 0.29) is 0 Å². The molecule has 23 heavy (non-hydrogen) atoms. The first-order chi connectivity index (χ1) is 11.0. The highest BCUT2D eigenvalue weighted by atomic mass is 79.9. The number of benzene rings is 2. The van der Waals surface area contributed by atoms with E-state index < -0.39 is 5.97 Å². The quantitative estimate of drug-likeness (QED) is 0.545. The molecule has 120 valence electrons. The lowest BCUT2D eigenvalue weighted by molar-refractivity contribution is -0.131. The van der Waals surface area contributed by atoms with E-state index in [9.17, 15) is 4.79 Å². The fourth-order valence-corrected chi connectivity index (χ4v) is 2.23. The molecule has 6 heteroatoms. The molecule has 2 rings (SSSR count). The molecule has 0 atom stereocenters. The van der Waals surface area contributed by atoms with Gasteiger partial charge in [-0.05, 0) is 48.5 Å². The van der Waals surface area contributed by atoms with Gasteiger partial charge in [0.15, 0.2) is 0 Å². The number of carboxylic acid groups (broad SMARTS) is 1. The molecule has 0 aromatic heterocycles. The van der Waals surface area contributed by atoms with Crippen LogP contribution in [0, 0.1) is 0 Å². The second-order valence-electron chi connectivity index (χ2n) is 4.50. The standard InChI is InChI=1S/C17H14BrClO4/c18-13-2-5-15(6-3-13)22-9-10-23-16-7-4-14(19)11-12(16)1-8-17(20)21/h1-8,11H,9-10H2,(H,20,21). The fraction of sp³-hybridized carbons (Fsp3) is 0.118. The lowest BCUT2D eigenvalue weighted by Gasteiger charge is -2.11. The SMILES string of the molecule is O=C(O)C=Cc1cc(Cl)ccc1OCCOc1ccc(Br)cc1. The van der Waals surface area contributed by atoms with E-state index in [1.165, 1.54) is 6.08 Å². The summed E-state index contributed by atoms with van der Waals surface area (Å²) in [4.78, 5) is 10.6. The molecule has 0 fully saturated rings. The van der Waals surface area contributed by atoms with E-state index in [0.717, 1.165) is 16.3 Å². The van der Waals surface area contributed by atoms with Gasteiger partial charge in [0.1, 0.15) is 24.7 Å². The van der Waals surface area contributed by atoms with Gasteiger partial charge in [0.25, 0.3) is 0 Å². The van der Waals surface area contributed by atoms with Gasteiger partial charge in [-0.15, -0.1) is 0 Å². The van der Waals surface area contributed by atoms with Crippen molar-refractivity contribution in [3.8, 4) is 11.5 Å². The van der Waals surface area contributed by atoms with E-state index >= 15 is 0 Å². The molecular formula is C17H14BrClO4. The number of carbonyl (C=O) groups is 1. The van der Waals surface area contributed by atoms with Crippen LogP contribution >= 0.6 is 27.5 Å². The summed E-state index contributed by atoms with van der Waals surface area (Å²) in [6, 6.07) is 12.5. The lowest BCUT2D eigenvalue weighted by atomic mass is 10.2. The van der Waals surface area contributed by atoms with Gasteiger partial charge in [0, 0.05) is 21.1 Å². The molecule has 0 heterocycles. The molecular weight excluding hydrogens is 384 g/mol. The molecule has 4 nitrogen and oxygen atoms in total. The molecule has 2 aromatic rings. The molecule has 0 aliphatic heterocycles. The molecule has 0 saturated heterocycles. The first-order valence-corrected chi connectivity index (χ1v) is 7.93. The van der Waals surface area contributed by atoms with Crippen LogP contribution in [0.5, 0.6) is 11.5 Å². The Bertz CT molecular complexity index is 698. The maximum absolute atomic E-state index is 10.6. The summed E-state index contributed by atoms with van der Waals surface area (Å²) >= 11 is 9.28. The topological polar surface area (TPSA) is 55.8 Å². The third kappa shape index (κ3) is 5.96. The van der Waals surface area contributed by atoms with Crippen LogP contribution in [0.15, 0.2) is 53.0 Å². The summed E-state index contributed by atoms with van der Waals surface area (Å²) in [6.45, 7) is 0.692. The second-order valence-corrected chi connectivity index (χ2v) is 5.86. The van der Waals surface area contributed by atoms with Crippen molar-refractivity contribution in [3.05, 3.63) is 63.6 Å². The van der Waals surface area contributed by atoms with E-state index in [4.69, 9.17) is 26.2 Å². The molecule has 1 N–H and O–H groups in total. The number of aliphatic carboxylic acids is 1. The molecule has 0 radical (unpaired) electrons. The highest BCUT2D eigenvalue weighted by Crippen LogP contribution is 2.24. The Labute approximate surface area is 147 Å². The average molecular weight is 398 g/mol. The van der Waals surface area contributed by atoms with Crippen molar-refractivity contribution in [2.24, 2.45) is 0 Å². The number of halogens is 2. The van der Waals surface area contributed by atoms with Gasteiger partial charge in [-0.2, -0.15) is 0 Å². The largest absolute Gasteiger partial charge is 0.490 e. The number of hydrogen-bond donors (Lipinski definition) is 1. The zero-order valence-corrected chi connectivity index (χ0v) is 14.4. The second kappa shape index (κ2) is 8.60. The third-order valence-corrected chi connectivity index (χ3v) is 3.56. The van der Waals surface area contributed by atoms with Crippen LogP contribution in [-0.2, 0) is 4.79 Å². The maximum atomic E-state index is 10.6. The van der Waals surface area contributed by atoms with Gasteiger partial charge in [-0.3, -0.25) is 0 Å². The first-order valence-electron chi connectivity index (χ1n) is 6.76. The van der Waals surface area contributed by atoms with Crippen molar-refractivity contribution in [2.75, 3.05) is 13.2 Å². The van der Waals surface area contributed by atoms with Crippen LogP contribution in [0.4, 0.5) is 0 Å². The highest BCUT2D eigenvalue weighted by Gasteiger charge is 2.03. The summed E-state index contributed by atoms with van der Waals surface area (Å²) in [5.74, 6) is 0.264. The highest BCUT2D eigenvalue weighted by molar-refractivity contribution is 9.10. The van der Waals surface area contributed by atoms with Crippen LogP contribution in [0.3, 0.4) is 0 Å². The number of ether oxygens (including phenoxy) is 2. The molecule has 0 aliphatic rings. The van der Waals surface area contributed by atoms with Crippen LogP contribution in [0.2, 0.25) is 5.02 Å². The molecule has 0 unspecified atom stereocenters. The zero-order valence-electron chi connectivity index (χ0n) is 12.0. The predicted octanol–water partition coefficient (Wildman–Crippen LogP) is 4.66. The average Bonchev–Trinajstić information content (AvgIpc) is 2.52. The number of rotatable bonds is 7. The Morgan fingerprint density at radius 1 is 1.13 bits per heavy atom. The van der Waals surface area contributed by atoms with E-state index in [1.54, 1.807) is 18.2 Å². The van der Waals surface area contributed by atoms with Gasteiger partial charge < -0.3 is 14.6 Å². The van der Waals surface area contributed by atoms with Crippen molar-refractivity contribution >= 4 is 39.6 Å². The van der Waals surface area contributed by atoms with Crippen molar-refractivity contribution in [1.82, 2.24) is 0 Å². The molecule has 0 aliphatic carbocycles. The van der Waals surface area contributed by atoms with Gasteiger partial charge in [0.05, 0.1) is 0 Å². The van der Waals surface area contributed by atoms with Crippen molar-refractivity contribution in [2.45, 2.75) is 0 Å². The normalized spacial score (nSPS) is 10.7. The summed E-state index contributed by atoms with van der Waals surface area (Å²) in [7, 11) is 0. The van der Waals surface area contributed by atoms with Crippen molar-refractivity contribution in [3.63, 3.8) is 0 Å². The number of carboxylic acids is 1. The Balaban J connectivity index is 1.92. The molecule has 2 aromatic carbocycles. The molecule has 0 bridgehead atoms. The van der Waals surface area contributed by atoms with E-state index in [0.29, 0.717) is 29.5 Å². The van der Waals surface area contributed by atoms with E-state index in [1.807, 2.05) is 24.3 Å². The van der Waals surface area contributed by atoms with Crippen LogP contribution < -0.4 is 9.47 Å². The van der Waals surface area contributed by atoms with Crippen molar-refractivity contribution < 1.29 is 19.4 Å². The predicted molar refractivity (Wildman–Crippen MR) is 93.3 cm³/mol. The maximum Gasteiger partial charge on any atom is 0.328 e. The first kappa shape index (κ1) is 17.4. The van der Waals surface area contributed by atoms with Crippen LogP contribution in [0.1, 0.15) is 5.56 Å². The molecule has 0 amide bonds. The van der Waals surface area contributed by atoms with Crippen molar-refractivity contribution in [1.29, 1.82) is 0 Å². The smallest absolute Gasteiger partial charge is 0.328 e. The third-order valence-electron chi connectivity index (χ3n) is 2.80. The molecule has 0 spiro atoms. The molecule has 0 saturated carbocycles. The summed E-state index contributed by atoms with van der Waals surface area (Å²) < 4.78 is 12.2. The Hall–Kier alpha value is -1.98. The summed E-state index contributed by atoms with van der Waals surface area (Å²) in [5.41, 5.74) is 0.601.